The van der Waals surface area contributed by atoms with Gasteiger partial charge >= 0.3 is 15.6 Å². The zero-order valence-corrected chi connectivity index (χ0v) is 11.7. The second-order valence-electron chi connectivity index (χ2n) is 4.53. The number of morpholine rings is 1. The molecule has 9 heteroatoms. The van der Waals surface area contributed by atoms with Crippen LogP contribution in [0.4, 0.5) is 13.2 Å². The predicted molar refractivity (Wildman–Crippen MR) is 68.4 cm³/mol. The number of hydrogen-bond donors (Lipinski definition) is 1. The van der Waals surface area contributed by atoms with E-state index in [9.17, 15) is 21.6 Å². The summed E-state index contributed by atoms with van der Waals surface area (Å²) in [6.45, 7) is 2.09. The number of nitrogens with one attached hydrogen (secondary N) is 1. The van der Waals surface area contributed by atoms with Crippen molar-refractivity contribution in [3.63, 3.8) is 0 Å². The molecule has 1 aromatic carbocycles. The molecule has 0 radical (unpaired) electrons. The van der Waals surface area contributed by atoms with Crippen molar-refractivity contribution in [1.29, 1.82) is 0 Å². The Bertz CT molecular complexity index is 565. The molecule has 1 unspecified atom stereocenters. The van der Waals surface area contributed by atoms with E-state index in [2.05, 4.69) is 9.50 Å². The van der Waals surface area contributed by atoms with Gasteiger partial charge in [0.1, 0.15) is 5.75 Å². The van der Waals surface area contributed by atoms with E-state index in [1.807, 2.05) is 0 Å². The van der Waals surface area contributed by atoms with Gasteiger partial charge in [0.25, 0.3) is 0 Å². The van der Waals surface area contributed by atoms with Crippen molar-refractivity contribution >= 4 is 10.1 Å². The predicted octanol–water partition coefficient (Wildman–Crippen LogP) is 1.45. The Balaban J connectivity index is 1.99. The van der Waals surface area contributed by atoms with Crippen LogP contribution in [0.5, 0.6) is 5.75 Å². The Hall–Kier alpha value is -1.32. The molecule has 0 bridgehead atoms. The van der Waals surface area contributed by atoms with E-state index in [1.54, 1.807) is 0 Å². The first-order valence-electron chi connectivity index (χ1n) is 6.20. The smallest absolute Gasteiger partial charge is 0.376 e. The van der Waals surface area contributed by atoms with Crippen molar-refractivity contribution in [3.8, 4) is 5.75 Å². The monoisotopic (exact) mass is 325 g/mol. The van der Waals surface area contributed by atoms with E-state index in [4.69, 9.17) is 4.74 Å². The Kier molecular flexibility index (Phi) is 4.74. The second kappa shape index (κ2) is 6.20. The zero-order valence-electron chi connectivity index (χ0n) is 10.9. The van der Waals surface area contributed by atoms with Crippen LogP contribution >= 0.6 is 0 Å². The molecule has 1 aliphatic heterocycles. The van der Waals surface area contributed by atoms with E-state index in [1.165, 1.54) is 24.3 Å². The third-order valence-corrected chi connectivity index (χ3v) is 3.86. The molecule has 1 heterocycles. The van der Waals surface area contributed by atoms with E-state index in [0.717, 1.165) is 12.1 Å². The van der Waals surface area contributed by atoms with Crippen LogP contribution in [0, 0.1) is 0 Å². The van der Waals surface area contributed by atoms with Crippen molar-refractivity contribution < 1.29 is 30.5 Å². The zero-order chi connectivity index (χ0) is 15.5. The second-order valence-corrected chi connectivity index (χ2v) is 6.07. The molecule has 21 heavy (non-hydrogen) atoms. The Labute approximate surface area is 120 Å². The quantitative estimate of drug-likeness (QED) is 0.670. The van der Waals surface area contributed by atoms with Crippen LogP contribution < -0.4 is 9.50 Å². The molecule has 118 valence electrons. The van der Waals surface area contributed by atoms with Gasteiger partial charge in [0.15, 0.2) is 0 Å². The average Bonchev–Trinajstić information content (AvgIpc) is 2.41. The average molecular weight is 325 g/mol. The molecular formula is C12H14F3NO4S. The summed E-state index contributed by atoms with van der Waals surface area (Å²) < 4.78 is 67.7. The van der Waals surface area contributed by atoms with E-state index in [0.29, 0.717) is 19.6 Å². The molecule has 0 amide bonds. The lowest BCUT2D eigenvalue weighted by atomic mass is 10.1. The fourth-order valence-electron chi connectivity index (χ4n) is 1.87. The van der Waals surface area contributed by atoms with Crippen LogP contribution in [0.15, 0.2) is 24.3 Å². The first kappa shape index (κ1) is 16.1. The first-order chi connectivity index (χ1) is 9.78. The van der Waals surface area contributed by atoms with Crippen LogP contribution in [-0.2, 0) is 21.3 Å². The van der Waals surface area contributed by atoms with Crippen molar-refractivity contribution in [3.05, 3.63) is 29.8 Å². The molecule has 1 saturated heterocycles. The summed E-state index contributed by atoms with van der Waals surface area (Å²) in [5, 5.41) is 3.16. The number of ether oxygens (including phenoxy) is 1. The van der Waals surface area contributed by atoms with Gasteiger partial charge < -0.3 is 14.2 Å². The Morgan fingerprint density at radius 3 is 2.48 bits per heavy atom. The third kappa shape index (κ3) is 4.32. The Morgan fingerprint density at radius 1 is 1.29 bits per heavy atom. The molecule has 2 rings (SSSR count). The van der Waals surface area contributed by atoms with Crippen molar-refractivity contribution in [2.45, 2.75) is 18.0 Å². The van der Waals surface area contributed by atoms with Gasteiger partial charge in [0, 0.05) is 13.1 Å². The molecular weight excluding hydrogens is 311 g/mol. The van der Waals surface area contributed by atoms with Crippen molar-refractivity contribution in [2.24, 2.45) is 0 Å². The highest BCUT2D eigenvalue weighted by atomic mass is 32.2. The number of halogens is 3. The maximum Gasteiger partial charge on any atom is 0.534 e. The fraction of sp³-hybridized carbons (Fsp3) is 0.500. The highest BCUT2D eigenvalue weighted by molar-refractivity contribution is 7.87. The van der Waals surface area contributed by atoms with E-state index < -0.39 is 15.6 Å². The maximum absolute atomic E-state index is 12.2. The molecule has 0 saturated carbocycles. The van der Waals surface area contributed by atoms with Crippen LogP contribution in [0.3, 0.4) is 0 Å². The maximum atomic E-state index is 12.2. The number of hydrogen-bond acceptors (Lipinski definition) is 5. The Morgan fingerprint density at radius 2 is 1.95 bits per heavy atom. The van der Waals surface area contributed by atoms with E-state index in [-0.39, 0.29) is 11.9 Å². The normalized spacial score (nSPS) is 20.2. The molecule has 0 spiro atoms. The fourth-order valence-corrected chi connectivity index (χ4v) is 2.33. The molecule has 0 aromatic heterocycles. The lowest BCUT2D eigenvalue weighted by Crippen LogP contribution is -2.39. The van der Waals surface area contributed by atoms with Gasteiger partial charge in [-0.3, -0.25) is 0 Å². The van der Waals surface area contributed by atoms with Gasteiger partial charge in [-0.1, -0.05) is 12.1 Å². The summed E-state index contributed by atoms with van der Waals surface area (Å²) >= 11 is 0. The lowest BCUT2D eigenvalue weighted by molar-refractivity contribution is -0.0500. The van der Waals surface area contributed by atoms with Gasteiger partial charge in [0.05, 0.1) is 12.7 Å². The summed E-state index contributed by atoms with van der Waals surface area (Å²) in [6, 6.07) is 5.40. The van der Waals surface area contributed by atoms with Crippen molar-refractivity contribution in [2.75, 3.05) is 19.7 Å². The summed E-state index contributed by atoms with van der Waals surface area (Å²) in [6.07, 6.45) is 0.573. The van der Waals surface area contributed by atoms with E-state index >= 15 is 0 Å². The highest BCUT2D eigenvalue weighted by Gasteiger charge is 2.48. The van der Waals surface area contributed by atoms with Gasteiger partial charge in [-0.2, -0.15) is 21.6 Å². The molecule has 0 aliphatic carbocycles. The van der Waals surface area contributed by atoms with Crippen molar-refractivity contribution in [1.82, 2.24) is 5.32 Å². The first-order valence-corrected chi connectivity index (χ1v) is 7.61. The van der Waals surface area contributed by atoms with Gasteiger partial charge in [-0.15, -0.1) is 0 Å². The molecule has 1 aromatic rings. The molecule has 1 atom stereocenters. The standard InChI is InChI=1S/C12H14F3NO4S/c13-12(14,15)21(17,18)20-10-3-1-9(2-4-10)7-11-8-16-5-6-19-11/h1-4,11,16H,5-8H2. The molecule has 1 fully saturated rings. The third-order valence-electron chi connectivity index (χ3n) is 2.88. The summed E-state index contributed by atoms with van der Waals surface area (Å²) in [7, 11) is -5.63. The minimum Gasteiger partial charge on any atom is -0.376 e. The van der Waals surface area contributed by atoms with Crippen LogP contribution in [-0.4, -0.2) is 39.7 Å². The minimum absolute atomic E-state index is 0.00979. The van der Waals surface area contributed by atoms with Gasteiger partial charge in [0.2, 0.25) is 0 Å². The lowest BCUT2D eigenvalue weighted by Gasteiger charge is -2.23. The molecule has 5 nitrogen and oxygen atoms in total. The summed E-state index contributed by atoms with van der Waals surface area (Å²) in [4.78, 5) is 0. The largest absolute Gasteiger partial charge is 0.534 e. The number of rotatable bonds is 4. The summed E-state index contributed by atoms with van der Waals surface area (Å²) in [5.74, 6) is -0.376. The molecule has 1 aliphatic rings. The van der Waals surface area contributed by atoms with Crippen LogP contribution in [0.2, 0.25) is 0 Å². The minimum atomic E-state index is -5.63. The SMILES string of the molecule is O=S(=O)(Oc1ccc(CC2CNCCO2)cc1)C(F)(F)F. The van der Waals surface area contributed by atoms with Gasteiger partial charge in [-0.05, 0) is 24.1 Å². The highest BCUT2D eigenvalue weighted by Crippen LogP contribution is 2.27. The van der Waals surface area contributed by atoms with Crippen LogP contribution in [0.1, 0.15) is 5.56 Å². The number of alkyl halides is 3. The van der Waals surface area contributed by atoms with Gasteiger partial charge in [-0.25, -0.2) is 0 Å². The van der Waals surface area contributed by atoms with Crippen LogP contribution in [0.25, 0.3) is 0 Å². The number of benzene rings is 1. The topological polar surface area (TPSA) is 64.6 Å². The molecule has 1 N–H and O–H groups in total. The summed E-state index contributed by atoms with van der Waals surface area (Å²) in [5.41, 5.74) is -4.62.